The molecule has 2 aromatic rings. The van der Waals surface area contributed by atoms with Crippen LogP contribution in [-0.2, 0) is 12.0 Å². The minimum absolute atomic E-state index is 0.0336. The van der Waals surface area contributed by atoms with Crippen molar-refractivity contribution in [2.45, 2.75) is 39.2 Å². The fourth-order valence-corrected chi connectivity index (χ4v) is 2.49. The second kappa shape index (κ2) is 5.44. The second-order valence-corrected chi connectivity index (χ2v) is 6.74. The molecule has 110 valence electrons. The zero-order valence-corrected chi connectivity index (χ0v) is 13.3. The molecule has 4 heteroatoms. The van der Waals surface area contributed by atoms with Crippen LogP contribution in [0.15, 0.2) is 18.2 Å². The second-order valence-electron chi connectivity index (χ2n) is 6.74. The lowest BCUT2D eigenvalue weighted by molar-refractivity contribution is 0.381. The van der Waals surface area contributed by atoms with Gasteiger partial charge in [0.2, 0.25) is 0 Å². The van der Waals surface area contributed by atoms with Crippen molar-refractivity contribution in [2.75, 3.05) is 26.4 Å². The third-order valence-corrected chi connectivity index (χ3v) is 3.43. The monoisotopic (exact) mass is 274 g/mol. The zero-order valence-electron chi connectivity index (χ0n) is 13.3. The van der Waals surface area contributed by atoms with E-state index in [0.717, 1.165) is 36.5 Å². The molecule has 0 saturated carbocycles. The van der Waals surface area contributed by atoms with Gasteiger partial charge in [0.1, 0.15) is 5.82 Å². The highest BCUT2D eigenvalue weighted by molar-refractivity contribution is 5.79. The average molecular weight is 274 g/mol. The average Bonchev–Trinajstić information content (AvgIpc) is 2.66. The summed E-state index contributed by atoms with van der Waals surface area (Å²) in [6.45, 7) is 8.70. The molecule has 0 aliphatic heterocycles. The number of imidazole rings is 1. The molecule has 2 N–H and O–H groups in total. The van der Waals surface area contributed by atoms with E-state index in [9.17, 15) is 0 Å². The minimum atomic E-state index is 0.0336. The Kier molecular flexibility index (Phi) is 4.04. The fourth-order valence-electron chi connectivity index (χ4n) is 2.49. The number of nitrogens with zero attached hydrogens (tertiary/aromatic N) is 3. The number of nitrogens with two attached hydrogens (primary N) is 1. The first-order valence-corrected chi connectivity index (χ1v) is 7.20. The summed E-state index contributed by atoms with van der Waals surface area (Å²) in [7, 11) is 4.22. The van der Waals surface area contributed by atoms with Gasteiger partial charge < -0.3 is 15.2 Å². The smallest absolute Gasteiger partial charge is 0.115 e. The lowest BCUT2D eigenvalue weighted by atomic mass is 9.95. The number of rotatable bonds is 4. The molecule has 0 radical (unpaired) electrons. The van der Waals surface area contributed by atoms with Crippen molar-refractivity contribution in [3.63, 3.8) is 0 Å². The largest absolute Gasteiger partial charge is 0.399 e. The minimum Gasteiger partial charge on any atom is -0.399 e. The molecule has 20 heavy (non-hydrogen) atoms. The predicted molar refractivity (Wildman–Crippen MR) is 86.0 cm³/mol. The van der Waals surface area contributed by atoms with Gasteiger partial charge in [0.15, 0.2) is 0 Å². The number of anilines is 1. The molecule has 0 spiro atoms. The molecule has 0 atom stereocenters. The van der Waals surface area contributed by atoms with Crippen molar-refractivity contribution in [3.05, 3.63) is 24.0 Å². The Balaban J connectivity index is 2.42. The number of aryl methyl sites for hydroxylation is 1. The van der Waals surface area contributed by atoms with Crippen LogP contribution < -0.4 is 5.73 Å². The van der Waals surface area contributed by atoms with E-state index in [1.54, 1.807) is 0 Å². The number of aromatic nitrogens is 2. The van der Waals surface area contributed by atoms with Gasteiger partial charge in [-0.15, -0.1) is 0 Å². The van der Waals surface area contributed by atoms with E-state index < -0.39 is 0 Å². The SMILES string of the molecule is CN(C)CCCn1c(C(C)(C)C)nc2cc(N)ccc21. The molecule has 4 nitrogen and oxygen atoms in total. The first kappa shape index (κ1) is 14.9. The number of fused-ring (bicyclic) bond motifs is 1. The van der Waals surface area contributed by atoms with E-state index in [1.165, 1.54) is 5.52 Å². The highest BCUT2D eigenvalue weighted by Gasteiger charge is 2.22. The summed E-state index contributed by atoms with van der Waals surface area (Å²) in [5.74, 6) is 1.14. The highest BCUT2D eigenvalue weighted by Crippen LogP contribution is 2.27. The molecule has 1 aromatic carbocycles. The lowest BCUT2D eigenvalue weighted by Crippen LogP contribution is -2.21. The van der Waals surface area contributed by atoms with Crippen LogP contribution in [0.1, 0.15) is 33.0 Å². The van der Waals surface area contributed by atoms with Gasteiger partial charge in [-0.05, 0) is 45.3 Å². The van der Waals surface area contributed by atoms with E-state index in [0.29, 0.717) is 0 Å². The standard InChI is InChI=1S/C16H26N4/c1-16(2,3)15-18-13-11-12(17)7-8-14(13)20(15)10-6-9-19(4)5/h7-8,11H,6,9-10,17H2,1-5H3. The molecule has 0 amide bonds. The van der Waals surface area contributed by atoms with Crippen molar-refractivity contribution in [2.24, 2.45) is 0 Å². The van der Waals surface area contributed by atoms with E-state index in [1.807, 2.05) is 12.1 Å². The van der Waals surface area contributed by atoms with Crippen molar-refractivity contribution in [1.29, 1.82) is 0 Å². The molecule has 0 saturated heterocycles. The molecule has 2 rings (SSSR count). The zero-order chi connectivity index (χ0) is 14.9. The van der Waals surface area contributed by atoms with Gasteiger partial charge in [-0.3, -0.25) is 0 Å². The lowest BCUT2D eigenvalue weighted by Gasteiger charge is -2.20. The molecule has 0 aliphatic carbocycles. The maximum absolute atomic E-state index is 5.88. The summed E-state index contributed by atoms with van der Waals surface area (Å²) < 4.78 is 2.35. The number of benzene rings is 1. The highest BCUT2D eigenvalue weighted by atomic mass is 15.1. The van der Waals surface area contributed by atoms with Gasteiger partial charge in [0, 0.05) is 17.6 Å². The van der Waals surface area contributed by atoms with Crippen molar-refractivity contribution >= 4 is 16.7 Å². The molecule has 0 bridgehead atoms. The van der Waals surface area contributed by atoms with Gasteiger partial charge in [-0.1, -0.05) is 20.8 Å². The Morgan fingerprint density at radius 3 is 2.55 bits per heavy atom. The fraction of sp³-hybridized carbons (Fsp3) is 0.562. The Labute approximate surface area is 121 Å². The molecule has 0 fully saturated rings. The summed E-state index contributed by atoms with van der Waals surface area (Å²) >= 11 is 0. The Morgan fingerprint density at radius 2 is 1.95 bits per heavy atom. The number of hydrogen-bond acceptors (Lipinski definition) is 3. The van der Waals surface area contributed by atoms with Crippen LogP contribution in [0.3, 0.4) is 0 Å². The topological polar surface area (TPSA) is 47.1 Å². The summed E-state index contributed by atoms with van der Waals surface area (Å²) in [6.07, 6.45) is 1.12. The first-order valence-electron chi connectivity index (χ1n) is 7.20. The molecule has 0 aliphatic rings. The maximum atomic E-state index is 5.88. The summed E-state index contributed by atoms with van der Waals surface area (Å²) in [6, 6.07) is 6.01. The van der Waals surface area contributed by atoms with E-state index in [4.69, 9.17) is 10.7 Å². The van der Waals surface area contributed by atoms with Gasteiger partial charge in [-0.25, -0.2) is 4.98 Å². The van der Waals surface area contributed by atoms with Gasteiger partial charge in [0.25, 0.3) is 0 Å². The number of nitrogen functional groups attached to an aromatic ring is 1. The third-order valence-electron chi connectivity index (χ3n) is 3.43. The van der Waals surface area contributed by atoms with Crippen LogP contribution in [0, 0.1) is 0 Å². The van der Waals surface area contributed by atoms with Crippen LogP contribution in [-0.4, -0.2) is 35.1 Å². The molecule has 1 heterocycles. The molecule has 0 unspecified atom stereocenters. The van der Waals surface area contributed by atoms with Crippen LogP contribution in [0.25, 0.3) is 11.0 Å². The van der Waals surface area contributed by atoms with E-state index >= 15 is 0 Å². The van der Waals surface area contributed by atoms with Gasteiger partial charge in [0.05, 0.1) is 11.0 Å². The molecular weight excluding hydrogens is 248 g/mol. The van der Waals surface area contributed by atoms with Crippen molar-refractivity contribution in [3.8, 4) is 0 Å². The van der Waals surface area contributed by atoms with Gasteiger partial charge in [-0.2, -0.15) is 0 Å². The van der Waals surface area contributed by atoms with E-state index in [-0.39, 0.29) is 5.41 Å². The predicted octanol–water partition coefficient (Wildman–Crippen LogP) is 2.87. The van der Waals surface area contributed by atoms with Crippen LogP contribution >= 0.6 is 0 Å². The molecule has 1 aromatic heterocycles. The Morgan fingerprint density at radius 1 is 1.25 bits per heavy atom. The first-order chi connectivity index (χ1) is 9.29. The Bertz CT molecular complexity index is 590. The van der Waals surface area contributed by atoms with E-state index in [2.05, 4.69) is 50.4 Å². The summed E-state index contributed by atoms with van der Waals surface area (Å²) in [5.41, 5.74) is 8.87. The number of hydrogen-bond donors (Lipinski definition) is 1. The van der Waals surface area contributed by atoms with Crippen LogP contribution in [0.2, 0.25) is 0 Å². The Hall–Kier alpha value is -1.55. The van der Waals surface area contributed by atoms with Crippen molar-refractivity contribution in [1.82, 2.24) is 14.5 Å². The quantitative estimate of drug-likeness (QED) is 0.872. The van der Waals surface area contributed by atoms with Crippen LogP contribution in [0.5, 0.6) is 0 Å². The maximum Gasteiger partial charge on any atom is 0.115 e. The molecular formula is C16H26N4. The third kappa shape index (κ3) is 3.12. The van der Waals surface area contributed by atoms with Crippen molar-refractivity contribution < 1.29 is 0 Å². The van der Waals surface area contributed by atoms with Crippen LogP contribution in [0.4, 0.5) is 5.69 Å². The summed E-state index contributed by atoms with van der Waals surface area (Å²) in [4.78, 5) is 7.03. The normalized spacial score (nSPS) is 12.5. The van der Waals surface area contributed by atoms with Gasteiger partial charge >= 0.3 is 0 Å². The summed E-state index contributed by atoms with van der Waals surface area (Å²) in [5, 5.41) is 0.